The monoisotopic (exact) mass is 236 g/mol. The molecule has 0 amide bonds. The topological polar surface area (TPSA) is 112 Å². The number of anilines is 1. The van der Waals surface area contributed by atoms with Crippen LogP contribution < -0.4 is 5.32 Å². The third-order valence-electron chi connectivity index (χ3n) is 2.14. The van der Waals surface area contributed by atoms with E-state index in [1.807, 2.05) is 0 Å². The molecule has 1 heterocycles. The Hall–Kier alpha value is -2.20. The summed E-state index contributed by atoms with van der Waals surface area (Å²) in [6.45, 7) is 1.76. The third kappa shape index (κ3) is 3.39. The van der Waals surface area contributed by atoms with Gasteiger partial charge in [-0.15, -0.1) is 0 Å². The minimum Gasteiger partial charge on any atom is -0.396 e. The quantitative estimate of drug-likeness (QED) is 0.583. The number of aliphatic hydroxyl groups excluding tert-OH is 1. The second kappa shape index (κ2) is 5.77. The molecule has 0 aliphatic rings. The van der Waals surface area contributed by atoms with Gasteiger partial charge in [0.25, 0.3) is 0 Å². The van der Waals surface area contributed by atoms with E-state index in [-0.39, 0.29) is 29.7 Å². The van der Waals surface area contributed by atoms with Crippen molar-refractivity contribution < 1.29 is 10.0 Å². The molecule has 0 spiro atoms. The Morgan fingerprint density at radius 1 is 1.76 bits per heavy atom. The lowest BCUT2D eigenvalue weighted by molar-refractivity contribution is -0.384. The molecule has 1 rings (SSSR count). The fourth-order valence-electron chi connectivity index (χ4n) is 1.26. The van der Waals surface area contributed by atoms with Gasteiger partial charge in [0, 0.05) is 24.9 Å². The van der Waals surface area contributed by atoms with Crippen LogP contribution in [0.25, 0.3) is 0 Å². The van der Waals surface area contributed by atoms with Crippen molar-refractivity contribution in [1.82, 2.24) is 4.98 Å². The summed E-state index contributed by atoms with van der Waals surface area (Å²) in [6, 6.07) is 2.82. The number of hydrogen-bond donors (Lipinski definition) is 2. The summed E-state index contributed by atoms with van der Waals surface area (Å²) in [4.78, 5) is 14.0. The van der Waals surface area contributed by atoms with Gasteiger partial charge in [-0.1, -0.05) is 0 Å². The van der Waals surface area contributed by atoms with E-state index in [0.717, 1.165) is 0 Å². The largest absolute Gasteiger partial charge is 0.396 e. The maximum absolute atomic E-state index is 10.8. The minimum atomic E-state index is -0.595. The van der Waals surface area contributed by atoms with Crippen molar-refractivity contribution in [2.24, 2.45) is 0 Å². The highest BCUT2D eigenvalue weighted by atomic mass is 16.6. The smallest absolute Gasteiger partial charge is 0.312 e. The third-order valence-corrected chi connectivity index (χ3v) is 2.14. The summed E-state index contributed by atoms with van der Waals surface area (Å²) >= 11 is 0. The zero-order chi connectivity index (χ0) is 12.8. The molecule has 7 nitrogen and oxygen atoms in total. The molecule has 0 aliphatic heterocycles. The number of nitriles is 1. The Labute approximate surface area is 97.9 Å². The van der Waals surface area contributed by atoms with Crippen LogP contribution in [0.5, 0.6) is 0 Å². The van der Waals surface area contributed by atoms with Gasteiger partial charge in [-0.25, -0.2) is 4.98 Å². The number of aromatic nitrogens is 1. The first-order valence-electron chi connectivity index (χ1n) is 5.00. The summed E-state index contributed by atoms with van der Waals surface area (Å²) in [6.07, 6.45) is 1.72. The molecule has 0 bridgehead atoms. The second-order valence-corrected chi connectivity index (χ2v) is 3.52. The van der Waals surface area contributed by atoms with E-state index >= 15 is 0 Å². The van der Waals surface area contributed by atoms with Crippen LogP contribution in [0.4, 0.5) is 11.5 Å². The molecular weight excluding hydrogens is 224 g/mol. The number of pyridine rings is 1. The van der Waals surface area contributed by atoms with Gasteiger partial charge in [0.2, 0.25) is 5.82 Å². The fraction of sp³-hybridized carbons (Fsp3) is 0.400. The highest BCUT2D eigenvalue weighted by Crippen LogP contribution is 2.23. The van der Waals surface area contributed by atoms with E-state index in [1.165, 1.54) is 12.3 Å². The van der Waals surface area contributed by atoms with Gasteiger partial charge in [0.1, 0.15) is 6.07 Å². The normalized spacial score (nSPS) is 11.6. The first-order valence-corrected chi connectivity index (χ1v) is 5.00. The Morgan fingerprint density at radius 2 is 2.47 bits per heavy atom. The molecule has 2 N–H and O–H groups in total. The van der Waals surface area contributed by atoms with Crippen LogP contribution in [0, 0.1) is 21.4 Å². The number of hydrogen-bond acceptors (Lipinski definition) is 6. The molecule has 0 aliphatic carbocycles. The first-order chi connectivity index (χ1) is 8.08. The molecule has 1 aromatic rings. The zero-order valence-electron chi connectivity index (χ0n) is 9.25. The summed E-state index contributed by atoms with van der Waals surface area (Å²) in [5, 5.41) is 31.0. The van der Waals surface area contributed by atoms with E-state index in [1.54, 1.807) is 13.0 Å². The molecule has 0 saturated carbocycles. The van der Waals surface area contributed by atoms with Crippen LogP contribution in [0.1, 0.15) is 18.9 Å². The Morgan fingerprint density at radius 3 is 3.00 bits per heavy atom. The maximum Gasteiger partial charge on any atom is 0.312 e. The van der Waals surface area contributed by atoms with Crippen LogP contribution >= 0.6 is 0 Å². The van der Waals surface area contributed by atoms with Crippen molar-refractivity contribution in [1.29, 1.82) is 5.26 Å². The molecule has 17 heavy (non-hydrogen) atoms. The minimum absolute atomic E-state index is 0.0156. The van der Waals surface area contributed by atoms with Crippen LogP contribution in [0.15, 0.2) is 12.3 Å². The van der Waals surface area contributed by atoms with E-state index in [2.05, 4.69) is 10.3 Å². The van der Waals surface area contributed by atoms with E-state index in [0.29, 0.717) is 6.42 Å². The number of nitrogens with zero attached hydrogens (tertiary/aromatic N) is 3. The van der Waals surface area contributed by atoms with Gasteiger partial charge in [0.05, 0.1) is 10.5 Å². The van der Waals surface area contributed by atoms with Crippen LogP contribution in [0.2, 0.25) is 0 Å². The lowest BCUT2D eigenvalue weighted by Crippen LogP contribution is -2.18. The van der Waals surface area contributed by atoms with Crippen molar-refractivity contribution in [3.8, 4) is 6.07 Å². The van der Waals surface area contributed by atoms with Crippen molar-refractivity contribution >= 4 is 11.5 Å². The van der Waals surface area contributed by atoms with Crippen LogP contribution in [-0.4, -0.2) is 27.7 Å². The molecule has 1 atom stereocenters. The molecule has 1 aromatic heterocycles. The Balaban J connectivity index is 2.99. The van der Waals surface area contributed by atoms with E-state index in [4.69, 9.17) is 10.4 Å². The lowest BCUT2D eigenvalue weighted by Gasteiger charge is -2.12. The standard InChI is InChI=1S/C10H12N4O3/c1-7(2-3-15)13-10-9(14(16)17)4-8(5-11)6-12-10/h4,6-7,15H,2-3H2,1H3,(H,12,13). The van der Waals surface area contributed by atoms with E-state index in [9.17, 15) is 10.1 Å². The van der Waals surface area contributed by atoms with Crippen LogP contribution in [-0.2, 0) is 0 Å². The van der Waals surface area contributed by atoms with E-state index < -0.39 is 4.92 Å². The average Bonchev–Trinajstić information content (AvgIpc) is 2.29. The lowest BCUT2D eigenvalue weighted by atomic mass is 10.2. The molecule has 0 saturated heterocycles. The molecule has 0 aromatic carbocycles. The van der Waals surface area contributed by atoms with Crippen LogP contribution in [0.3, 0.4) is 0 Å². The number of nitrogens with one attached hydrogen (secondary N) is 1. The highest BCUT2D eigenvalue weighted by molar-refractivity contribution is 5.58. The summed E-state index contributed by atoms with van der Waals surface area (Å²) < 4.78 is 0. The van der Waals surface area contributed by atoms with Crippen molar-refractivity contribution in [2.75, 3.05) is 11.9 Å². The summed E-state index contributed by atoms with van der Waals surface area (Å²) in [5.74, 6) is 0.106. The van der Waals surface area contributed by atoms with Crippen molar-refractivity contribution in [3.63, 3.8) is 0 Å². The summed E-state index contributed by atoms with van der Waals surface area (Å²) in [5.41, 5.74) is -0.106. The molecule has 1 unspecified atom stereocenters. The SMILES string of the molecule is CC(CCO)Nc1ncc(C#N)cc1[N+](=O)[O-]. The predicted octanol–water partition coefficient (Wildman–Crippen LogP) is 1.04. The van der Waals surface area contributed by atoms with Crippen molar-refractivity contribution in [3.05, 3.63) is 27.9 Å². The molecule has 0 fully saturated rings. The second-order valence-electron chi connectivity index (χ2n) is 3.52. The number of aliphatic hydroxyl groups is 1. The fourth-order valence-corrected chi connectivity index (χ4v) is 1.26. The van der Waals surface area contributed by atoms with Gasteiger partial charge in [0.15, 0.2) is 0 Å². The van der Waals surface area contributed by atoms with Crippen molar-refractivity contribution in [2.45, 2.75) is 19.4 Å². The first kappa shape index (κ1) is 12.9. The molecule has 0 radical (unpaired) electrons. The van der Waals surface area contributed by atoms with Gasteiger partial charge in [-0.05, 0) is 13.3 Å². The summed E-state index contributed by atoms with van der Waals surface area (Å²) in [7, 11) is 0. The molecule has 90 valence electrons. The zero-order valence-corrected chi connectivity index (χ0v) is 9.25. The maximum atomic E-state index is 10.8. The van der Waals surface area contributed by atoms with Gasteiger partial charge < -0.3 is 10.4 Å². The molecule has 7 heteroatoms. The van der Waals surface area contributed by atoms with Gasteiger partial charge in [-0.3, -0.25) is 10.1 Å². The Bertz CT molecular complexity index is 455. The predicted molar refractivity (Wildman–Crippen MR) is 60.4 cm³/mol. The van der Waals surface area contributed by atoms with Gasteiger partial charge in [-0.2, -0.15) is 5.26 Å². The Kier molecular flexibility index (Phi) is 4.37. The highest BCUT2D eigenvalue weighted by Gasteiger charge is 2.17. The number of rotatable bonds is 5. The molecular formula is C10H12N4O3. The average molecular weight is 236 g/mol. The van der Waals surface area contributed by atoms with Gasteiger partial charge >= 0.3 is 5.69 Å². The number of nitro groups is 1.